The van der Waals surface area contributed by atoms with Crippen molar-refractivity contribution in [3.63, 3.8) is 0 Å². The van der Waals surface area contributed by atoms with Gasteiger partial charge in [-0.1, -0.05) is 34.6 Å². The zero-order valence-corrected chi connectivity index (χ0v) is 14.7. The van der Waals surface area contributed by atoms with Crippen LogP contribution in [0.25, 0.3) is 0 Å². The fraction of sp³-hybridized carbons (Fsp3) is 1.00. The van der Waals surface area contributed by atoms with Gasteiger partial charge in [-0.05, 0) is 44.8 Å². The molecule has 0 aromatic rings. The standard InChI is InChI=1S/C17H37N3/c1-7-10-18-16(17(3,4)5)9-11-20-13-12-19(6)15(8-2)14-20/h15-16,18H,7-14H2,1-6H3. The maximum Gasteiger partial charge on any atom is 0.0218 e. The highest BCUT2D eigenvalue weighted by Gasteiger charge is 2.27. The van der Waals surface area contributed by atoms with Crippen molar-refractivity contribution < 1.29 is 0 Å². The van der Waals surface area contributed by atoms with Gasteiger partial charge in [-0.15, -0.1) is 0 Å². The molecule has 1 saturated heterocycles. The summed E-state index contributed by atoms with van der Waals surface area (Å²) >= 11 is 0. The van der Waals surface area contributed by atoms with Gasteiger partial charge < -0.3 is 15.1 Å². The molecule has 0 aromatic carbocycles. The fourth-order valence-electron chi connectivity index (χ4n) is 3.13. The van der Waals surface area contributed by atoms with E-state index in [9.17, 15) is 0 Å². The van der Waals surface area contributed by atoms with Crippen molar-refractivity contribution in [3.05, 3.63) is 0 Å². The van der Waals surface area contributed by atoms with E-state index in [1.807, 2.05) is 0 Å². The predicted molar refractivity (Wildman–Crippen MR) is 89.3 cm³/mol. The number of nitrogens with one attached hydrogen (secondary N) is 1. The van der Waals surface area contributed by atoms with Crippen LogP contribution in [-0.2, 0) is 0 Å². The van der Waals surface area contributed by atoms with Gasteiger partial charge in [-0.3, -0.25) is 0 Å². The quantitative estimate of drug-likeness (QED) is 0.775. The molecule has 2 atom stereocenters. The summed E-state index contributed by atoms with van der Waals surface area (Å²) in [4.78, 5) is 5.19. The molecule has 0 saturated carbocycles. The van der Waals surface area contributed by atoms with Crippen molar-refractivity contribution in [2.75, 3.05) is 39.8 Å². The Morgan fingerprint density at radius 2 is 1.90 bits per heavy atom. The Kier molecular flexibility index (Phi) is 7.49. The highest BCUT2D eigenvalue weighted by atomic mass is 15.3. The summed E-state index contributed by atoms with van der Waals surface area (Å²) < 4.78 is 0. The molecule has 0 aliphatic carbocycles. The van der Waals surface area contributed by atoms with Crippen molar-refractivity contribution in [1.29, 1.82) is 0 Å². The molecule has 1 aliphatic rings. The monoisotopic (exact) mass is 283 g/mol. The summed E-state index contributed by atoms with van der Waals surface area (Å²) in [7, 11) is 2.27. The van der Waals surface area contributed by atoms with Crippen LogP contribution < -0.4 is 5.32 Å². The molecule has 1 aliphatic heterocycles. The molecule has 0 spiro atoms. The second-order valence-corrected chi connectivity index (χ2v) is 7.50. The molecule has 3 heteroatoms. The summed E-state index contributed by atoms with van der Waals surface area (Å²) in [5.41, 5.74) is 0.353. The first kappa shape index (κ1) is 17.9. The van der Waals surface area contributed by atoms with E-state index in [1.54, 1.807) is 0 Å². The van der Waals surface area contributed by atoms with Gasteiger partial charge in [-0.2, -0.15) is 0 Å². The lowest BCUT2D eigenvalue weighted by molar-refractivity contribution is 0.0855. The van der Waals surface area contributed by atoms with Crippen molar-refractivity contribution in [1.82, 2.24) is 15.1 Å². The van der Waals surface area contributed by atoms with Crippen molar-refractivity contribution in [2.45, 2.75) is 66.0 Å². The van der Waals surface area contributed by atoms with Crippen LogP contribution in [0.1, 0.15) is 53.9 Å². The van der Waals surface area contributed by atoms with Crippen LogP contribution in [0.15, 0.2) is 0 Å². The first-order chi connectivity index (χ1) is 9.38. The van der Waals surface area contributed by atoms with Gasteiger partial charge in [-0.25, -0.2) is 0 Å². The molecular weight excluding hydrogens is 246 g/mol. The molecule has 20 heavy (non-hydrogen) atoms. The predicted octanol–water partition coefficient (Wildman–Crippen LogP) is 2.82. The second-order valence-electron chi connectivity index (χ2n) is 7.50. The third-order valence-electron chi connectivity index (χ3n) is 4.75. The van der Waals surface area contributed by atoms with Crippen molar-refractivity contribution >= 4 is 0 Å². The van der Waals surface area contributed by atoms with E-state index in [4.69, 9.17) is 0 Å². The molecule has 2 unspecified atom stereocenters. The molecular formula is C17H37N3. The number of hydrogen-bond acceptors (Lipinski definition) is 3. The SMILES string of the molecule is CCCNC(CCN1CCN(C)C(CC)C1)C(C)(C)C. The smallest absolute Gasteiger partial charge is 0.0218 e. The van der Waals surface area contributed by atoms with Gasteiger partial charge in [0.25, 0.3) is 0 Å². The molecule has 120 valence electrons. The molecule has 1 N–H and O–H groups in total. The van der Waals surface area contributed by atoms with Crippen molar-refractivity contribution in [3.8, 4) is 0 Å². The topological polar surface area (TPSA) is 18.5 Å². The van der Waals surface area contributed by atoms with Crippen LogP contribution in [0.5, 0.6) is 0 Å². The molecule has 1 heterocycles. The molecule has 0 radical (unpaired) electrons. The second kappa shape index (κ2) is 8.35. The molecule has 1 rings (SSSR count). The van der Waals surface area contributed by atoms with Crippen molar-refractivity contribution in [2.24, 2.45) is 5.41 Å². The number of likely N-dealkylation sites (N-methyl/N-ethyl adjacent to an activating group) is 1. The van der Waals surface area contributed by atoms with Crippen LogP contribution in [0.4, 0.5) is 0 Å². The third-order valence-corrected chi connectivity index (χ3v) is 4.75. The summed E-state index contributed by atoms with van der Waals surface area (Å²) in [6.45, 7) is 17.7. The fourth-order valence-corrected chi connectivity index (χ4v) is 3.13. The summed E-state index contributed by atoms with van der Waals surface area (Å²) in [5.74, 6) is 0. The van der Waals surface area contributed by atoms with Crippen LogP contribution in [0.2, 0.25) is 0 Å². The van der Waals surface area contributed by atoms with E-state index in [2.05, 4.69) is 56.8 Å². The van der Waals surface area contributed by atoms with E-state index in [1.165, 1.54) is 45.4 Å². The Morgan fingerprint density at radius 1 is 1.20 bits per heavy atom. The van der Waals surface area contributed by atoms with Crippen LogP contribution in [0, 0.1) is 5.41 Å². The van der Waals surface area contributed by atoms with Gasteiger partial charge >= 0.3 is 0 Å². The maximum absolute atomic E-state index is 3.75. The van der Waals surface area contributed by atoms with Gasteiger partial charge in [0.15, 0.2) is 0 Å². The summed E-state index contributed by atoms with van der Waals surface area (Å²) in [6, 6.07) is 1.38. The zero-order chi connectivity index (χ0) is 15.2. The minimum absolute atomic E-state index is 0.353. The van der Waals surface area contributed by atoms with Crippen LogP contribution in [-0.4, -0.2) is 61.7 Å². The lowest BCUT2D eigenvalue weighted by Crippen LogP contribution is -2.52. The Bertz CT molecular complexity index is 259. The van der Waals surface area contributed by atoms with E-state index < -0.39 is 0 Å². The highest BCUT2D eigenvalue weighted by Crippen LogP contribution is 2.22. The lowest BCUT2D eigenvalue weighted by Gasteiger charge is -2.40. The molecule has 0 bridgehead atoms. The minimum Gasteiger partial charge on any atom is -0.313 e. The van der Waals surface area contributed by atoms with Gasteiger partial charge in [0, 0.05) is 31.7 Å². The van der Waals surface area contributed by atoms with Gasteiger partial charge in [0.1, 0.15) is 0 Å². The van der Waals surface area contributed by atoms with E-state index >= 15 is 0 Å². The van der Waals surface area contributed by atoms with E-state index in [0.717, 1.165) is 12.6 Å². The third kappa shape index (κ3) is 5.71. The number of piperazine rings is 1. The average molecular weight is 284 g/mol. The van der Waals surface area contributed by atoms with Gasteiger partial charge in [0.2, 0.25) is 0 Å². The Balaban J connectivity index is 2.42. The Morgan fingerprint density at radius 3 is 2.45 bits per heavy atom. The first-order valence-electron chi connectivity index (χ1n) is 8.54. The van der Waals surface area contributed by atoms with Gasteiger partial charge in [0.05, 0.1) is 0 Å². The molecule has 1 fully saturated rings. The van der Waals surface area contributed by atoms with E-state index in [0.29, 0.717) is 11.5 Å². The van der Waals surface area contributed by atoms with Crippen LogP contribution in [0.3, 0.4) is 0 Å². The highest BCUT2D eigenvalue weighted by molar-refractivity contribution is 4.84. The first-order valence-corrected chi connectivity index (χ1v) is 8.54. The lowest BCUT2D eigenvalue weighted by atomic mass is 9.84. The maximum atomic E-state index is 3.75. The largest absolute Gasteiger partial charge is 0.313 e. The summed E-state index contributed by atoms with van der Waals surface area (Å²) in [6.07, 6.45) is 3.76. The Labute approximate surface area is 127 Å². The number of nitrogens with zero attached hydrogens (tertiary/aromatic N) is 2. The number of hydrogen-bond donors (Lipinski definition) is 1. The van der Waals surface area contributed by atoms with Crippen LogP contribution >= 0.6 is 0 Å². The number of rotatable bonds is 7. The normalized spacial score (nSPS) is 24.0. The average Bonchev–Trinajstić information content (AvgIpc) is 2.39. The minimum atomic E-state index is 0.353. The van der Waals surface area contributed by atoms with E-state index in [-0.39, 0.29) is 0 Å². The Hall–Kier alpha value is -0.120. The molecule has 0 aromatic heterocycles. The molecule has 3 nitrogen and oxygen atoms in total. The summed E-state index contributed by atoms with van der Waals surface area (Å²) in [5, 5.41) is 3.75. The molecule has 0 amide bonds. The zero-order valence-electron chi connectivity index (χ0n) is 14.7.